The van der Waals surface area contributed by atoms with E-state index in [0.29, 0.717) is 25.3 Å². The minimum absolute atomic E-state index is 0.0133. The van der Waals surface area contributed by atoms with Gasteiger partial charge in [0.2, 0.25) is 5.88 Å². The summed E-state index contributed by atoms with van der Waals surface area (Å²) in [5, 5.41) is 20.0. The highest BCUT2D eigenvalue weighted by Gasteiger charge is 2.43. The maximum Gasteiger partial charge on any atom is 0.319 e. The predicted molar refractivity (Wildman–Crippen MR) is 105 cm³/mol. The fraction of sp³-hybridized carbons (Fsp3) is 0.632. The lowest BCUT2D eigenvalue weighted by molar-refractivity contribution is 0.0447. The number of nitrogens with zero attached hydrogens (tertiary/aromatic N) is 4. The van der Waals surface area contributed by atoms with Crippen LogP contribution in [0, 0.1) is 11.2 Å². The van der Waals surface area contributed by atoms with Crippen LogP contribution in [0.15, 0.2) is 0 Å². The minimum atomic E-state index is -0.906. The molecule has 1 aliphatic carbocycles. The SMILES string of the molecule is COc1nc(Cl)c(F)c2nc(OCC3(CO)CC3)nc(N3CCC[C@@](C)(O)C3)c12. The van der Waals surface area contributed by atoms with Crippen molar-refractivity contribution >= 4 is 28.3 Å². The summed E-state index contributed by atoms with van der Waals surface area (Å²) in [5.74, 6) is -0.311. The van der Waals surface area contributed by atoms with Gasteiger partial charge < -0.3 is 24.6 Å². The molecular formula is C19H24ClFN4O4. The van der Waals surface area contributed by atoms with Crippen LogP contribution in [0.4, 0.5) is 10.2 Å². The molecule has 1 saturated heterocycles. The summed E-state index contributed by atoms with van der Waals surface area (Å²) in [6.07, 6.45) is 3.12. The molecule has 0 bridgehead atoms. The maximum atomic E-state index is 14.8. The summed E-state index contributed by atoms with van der Waals surface area (Å²) in [7, 11) is 1.41. The fourth-order valence-electron chi connectivity index (χ4n) is 3.66. The Morgan fingerprint density at radius 1 is 1.24 bits per heavy atom. The van der Waals surface area contributed by atoms with Crippen molar-refractivity contribution in [3.8, 4) is 11.9 Å². The fourth-order valence-corrected chi connectivity index (χ4v) is 3.83. The van der Waals surface area contributed by atoms with Crippen LogP contribution < -0.4 is 14.4 Å². The molecule has 0 radical (unpaired) electrons. The van der Waals surface area contributed by atoms with E-state index >= 15 is 0 Å². The van der Waals surface area contributed by atoms with Crippen LogP contribution in [-0.4, -0.2) is 64.2 Å². The highest BCUT2D eigenvalue weighted by molar-refractivity contribution is 6.30. The lowest BCUT2D eigenvalue weighted by Gasteiger charge is -2.38. The largest absolute Gasteiger partial charge is 0.480 e. The number of pyridine rings is 1. The topological polar surface area (TPSA) is 101 Å². The molecule has 0 aromatic carbocycles. The number of anilines is 1. The van der Waals surface area contributed by atoms with Crippen LogP contribution in [0.3, 0.4) is 0 Å². The molecule has 2 N–H and O–H groups in total. The van der Waals surface area contributed by atoms with Gasteiger partial charge in [-0.15, -0.1) is 0 Å². The van der Waals surface area contributed by atoms with E-state index in [1.54, 1.807) is 6.92 Å². The number of ether oxygens (including phenoxy) is 2. The van der Waals surface area contributed by atoms with Crippen LogP contribution in [0.2, 0.25) is 5.15 Å². The number of rotatable bonds is 6. The number of hydrogen-bond donors (Lipinski definition) is 2. The zero-order valence-corrected chi connectivity index (χ0v) is 17.2. The van der Waals surface area contributed by atoms with Gasteiger partial charge in [0.25, 0.3) is 0 Å². The van der Waals surface area contributed by atoms with Gasteiger partial charge in [-0.05, 0) is 32.6 Å². The number of aliphatic hydroxyl groups is 2. The summed E-state index contributed by atoms with van der Waals surface area (Å²) >= 11 is 5.94. The average Bonchev–Trinajstić information content (AvgIpc) is 3.48. The van der Waals surface area contributed by atoms with Gasteiger partial charge in [0.05, 0.1) is 25.9 Å². The number of aromatic nitrogens is 3. The number of hydrogen-bond acceptors (Lipinski definition) is 8. The standard InChI is InChI=1S/C19H24ClFN4O4/c1-18(27)4-3-7-25(8-18)15-11-13(12(21)14(20)23-16(11)28-2)22-17(24-15)29-10-19(9-26)5-6-19/h26-27H,3-10H2,1-2H3/t18-/m1/s1. The Morgan fingerprint density at radius 3 is 2.62 bits per heavy atom. The van der Waals surface area contributed by atoms with Crippen LogP contribution in [-0.2, 0) is 0 Å². The van der Waals surface area contributed by atoms with E-state index in [-0.39, 0.29) is 46.6 Å². The molecule has 1 saturated carbocycles. The molecule has 1 aliphatic heterocycles. The number of piperidine rings is 1. The van der Waals surface area contributed by atoms with Gasteiger partial charge in [0, 0.05) is 18.5 Å². The Kier molecular flexibility index (Phi) is 5.16. The van der Waals surface area contributed by atoms with E-state index in [2.05, 4.69) is 15.0 Å². The van der Waals surface area contributed by atoms with Crippen LogP contribution >= 0.6 is 11.6 Å². The highest BCUT2D eigenvalue weighted by Crippen LogP contribution is 2.45. The van der Waals surface area contributed by atoms with Crippen molar-refractivity contribution in [1.29, 1.82) is 0 Å². The van der Waals surface area contributed by atoms with Crippen LogP contribution in [0.25, 0.3) is 10.9 Å². The first kappa shape index (κ1) is 20.3. The average molecular weight is 427 g/mol. The van der Waals surface area contributed by atoms with E-state index in [4.69, 9.17) is 21.1 Å². The third-order valence-corrected chi connectivity index (χ3v) is 5.89. The molecule has 2 fully saturated rings. The van der Waals surface area contributed by atoms with Gasteiger partial charge >= 0.3 is 6.01 Å². The first-order valence-electron chi connectivity index (χ1n) is 9.59. The van der Waals surface area contributed by atoms with E-state index < -0.39 is 11.4 Å². The molecule has 2 aromatic rings. The Balaban J connectivity index is 1.82. The van der Waals surface area contributed by atoms with Gasteiger partial charge in [-0.25, -0.2) is 4.39 Å². The number of fused-ring (bicyclic) bond motifs is 1. The Morgan fingerprint density at radius 2 is 2.00 bits per heavy atom. The third kappa shape index (κ3) is 3.91. The van der Waals surface area contributed by atoms with Crippen molar-refractivity contribution < 1.29 is 24.1 Å². The second-order valence-electron chi connectivity index (χ2n) is 8.25. The maximum absolute atomic E-state index is 14.8. The molecule has 3 heterocycles. The molecule has 4 rings (SSSR count). The molecule has 1 atom stereocenters. The Hall–Kier alpha value is -1.97. The Labute approximate surface area is 172 Å². The normalized spacial score (nSPS) is 23.3. The lowest BCUT2D eigenvalue weighted by atomic mass is 9.95. The smallest absolute Gasteiger partial charge is 0.319 e. The molecule has 0 unspecified atom stereocenters. The Bertz CT molecular complexity index is 938. The molecule has 2 aliphatic rings. The predicted octanol–water partition coefficient (Wildman–Crippen LogP) is 2.33. The van der Waals surface area contributed by atoms with E-state index in [9.17, 15) is 14.6 Å². The summed E-state index contributed by atoms with van der Waals surface area (Å²) < 4.78 is 25.9. The van der Waals surface area contributed by atoms with E-state index in [1.165, 1.54) is 7.11 Å². The van der Waals surface area contributed by atoms with Crippen molar-refractivity contribution in [2.45, 2.75) is 38.2 Å². The summed E-state index contributed by atoms with van der Waals surface area (Å²) in [5.41, 5.74) is -1.24. The van der Waals surface area contributed by atoms with Crippen molar-refractivity contribution in [2.24, 2.45) is 5.41 Å². The summed E-state index contributed by atoms with van der Waals surface area (Å²) in [6, 6.07) is -0.0133. The zero-order valence-electron chi connectivity index (χ0n) is 16.4. The van der Waals surface area contributed by atoms with Crippen LogP contribution in [0.5, 0.6) is 11.9 Å². The van der Waals surface area contributed by atoms with E-state index in [0.717, 1.165) is 19.3 Å². The van der Waals surface area contributed by atoms with Crippen LogP contribution in [0.1, 0.15) is 32.6 Å². The molecule has 10 heteroatoms. The monoisotopic (exact) mass is 426 g/mol. The van der Waals surface area contributed by atoms with Gasteiger partial charge in [0.15, 0.2) is 11.0 Å². The number of methoxy groups -OCH3 is 1. The summed E-state index contributed by atoms with van der Waals surface area (Å²) in [4.78, 5) is 14.6. The second-order valence-corrected chi connectivity index (χ2v) is 8.61. The molecular weight excluding hydrogens is 403 g/mol. The molecule has 0 spiro atoms. The van der Waals surface area contributed by atoms with Crippen molar-refractivity contribution in [3.05, 3.63) is 11.0 Å². The van der Waals surface area contributed by atoms with Gasteiger partial charge in [-0.1, -0.05) is 11.6 Å². The molecule has 2 aromatic heterocycles. The lowest BCUT2D eigenvalue weighted by Crippen LogP contribution is -2.46. The van der Waals surface area contributed by atoms with Crippen molar-refractivity contribution in [1.82, 2.24) is 15.0 Å². The second kappa shape index (κ2) is 7.37. The molecule has 29 heavy (non-hydrogen) atoms. The van der Waals surface area contributed by atoms with Gasteiger partial charge in [-0.2, -0.15) is 15.0 Å². The first-order chi connectivity index (χ1) is 13.8. The minimum Gasteiger partial charge on any atom is -0.480 e. The molecule has 0 amide bonds. The molecule has 8 nitrogen and oxygen atoms in total. The quantitative estimate of drug-likeness (QED) is 0.679. The van der Waals surface area contributed by atoms with Crippen molar-refractivity contribution in [2.75, 3.05) is 38.3 Å². The highest BCUT2D eigenvalue weighted by atomic mass is 35.5. The van der Waals surface area contributed by atoms with E-state index in [1.807, 2.05) is 4.90 Å². The summed E-state index contributed by atoms with van der Waals surface area (Å²) in [6.45, 7) is 2.94. The first-order valence-corrected chi connectivity index (χ1v) is 9.97. The van der Waals surface area contributed by atoms with Gasteiger partial charge in [0.1, 0.15) is 16.7 Å². The van der Waals surface area contributed by atoms with Crippen molar-refractivity contribution in [3.63, 3.8) is 0 Å². The number of aliphatic hydroxyl groups excluding tert-OH is 1. The number of β-amino-alcohol motifs (C(OH)–C–C–N with tert-alkyl or cyclic N) is 1. The zero-order chi connectivity index (χ0) is 20.8. The number of halogens is 2. The van der Waals surface area contributed by atoms with Gasteiger partial charge in [-0.3, -0.25) is 0 Å². The molecule has 158 valence electrons. The third-order valence-electron chi connectivity index (χ3n) is 5.64.